The molecule has 1 aromatic rings. The number of benzene rings is 1. The van der Waals surface area contributed by atoms with Gasteiger partial charge < -0.3 is 34.5 Å². The Bertz CT molecular complexity index is 736. The van der Waals surface area contributed by atoms with Crippen molar-refractivity contribution >= 4 is 36.0 Å². The lowest BCUT2D eigenvalue weighted by molar-refractivity contribution is 0.00701. The lowest BCUT2D eigenvalue weighted by Crippen LogP contribution is -2.63. The van der Waals surface area contributed by atoms with Crippen molar-refractivity contribution in [2.75, 3.05) is 48.0 Å². The van der Waals surface area contributed by atoms with Crippen LogP contribution < -0.4 is 24.8 Å². The van der Waals surface area contributed by atoms with Crippen LogP contribution >= 0.6 is 24.0 Å². The molecule has 0 spiro atoms. The standard InChI is InChI=1S/C21H34N4O5.HI/c1-21(2,3)30-20(26)25-12-14(13-25)24-19(22-4)23-9-8-16-17(28-6)10-15(27-5)11-18(16)29-7;/h10-11,14H,8-9,12-13H2,1-7H3,(H2,22,23,24);1H. The average molecular weight is 550 g/mol. The fourth-order valence-corrected chi connectivity index (χ4v) is 3.06. The minimum absolute atomic E-state index is 0. The Morgan fingerprint density at radius 2 is 1.71 bits per heavy atom. The molecule has 0 aliphatic carbocycles. The van der Waals surface area contributed by atoms with Crippen LogP contribution in [0.2, 0.25) is 0 Å². The third-order valence-electron chi connectivity index (χ3n) is 4.58. The summed E-state index contributed by atoms with van der Waals surface area (Å²) in [4.78, 5) is 18.0. The molecule has 0 saturated carbocycles. The maximum absolute atomic E-state index is 12.0. The van der Waals surface area contributed by atoms with E-state index < -0.39 is 5.60 Å². The molecular formula is C21H35IN4O5. The zero-order valence-corrected chi connectivity index (χ0v) is 21.7. The number of amides is 1. The van der Waals surface area contributed by atoms with E-state index in [2.05, 4.69) is 15.6 Å². The van der Waals surface area contributed by atoms with Gasteiger partial charge in [-0.1, -0.05) is 0 Å². The number of nitrogens with one attached hydrogen (secondary N) is 2. The first-order valence-corrected chi connectivity index (χ1v) is 9.94. The van der Waals surface area contributed by atoms with Gasteiger partial charge in [0.15, 0.2) is 5.96 Å². The first-order chi connectivity index (χ1) is 14.2. The number of carbonyl (C=O) groups excluding carboxylic acids is 1. The van der Waals surface area contributed by atoms with Crippen LogP contribution in [0.5, 0.6) is 17.2 Å². The van der Waals surface area contributed by atoms with Crippen molar-refractivity contribution in [2.24, 2.45) is 4.99 Å². The molecule has 2 rings (SSSR count). The van der Waals surface area contributed by atoms with Gasteiger partial charge >= 0.3 is 6.09 Å². The van der Waals surface area contributed by atoms with E-state index in [1.807, 2.05) is 32.9 Å². The summed E-state index contributed by atoms with van der Waals surface area (Å²) in [5, 5.41) is 6.61. The SMILES string of the molecule is CN=C(NCCc1c(OC)cc(OC)cc1OC)NC1CN(C(=O)OC(C)(C)C)C1.I. The Kier molecular flexibility index (Phi) is 10.5. The second kappa shape index (κ2) is 12.1. The first-order valence-electron chi connectivity index (χ1n) is 9.94. The highest BCUT2D eigenvalue weighted by atomic mass is 127. The van der Waals surface area contributed by atoms with E-state index in [1.165, 1.54) is 0 Å². The Balaban J connectivity index is 0.00000480. The molecule has 0 atom stereocenters. The van der Waals surface area contributed by atoms with E-state index in [0.29, 0.717) is 49.3 Å². The zero-order valence-electron chi connectivity index (χ0n) is 19.4. The Morgan fingerprint density at radius 3 is 2.16 bits per heavy atom. The molecule has 0 radical (unpaired) electrons. The van der Waals surface area contributed by atoms with E-state index in [-0.39, 0.29) is 36.1 Å². The van der Waals surface area contributed by atoms with Gasteiger partial charge in [0, 0.05) is 44.4 Å². The molecule has 1 amide bonds. The second-order valence-corrected chi connectivity index (χ2v) is 7.99. The molecule has 1 heterocycles. The number of nitrogens with zero attached hydrogens (tertiary/aromatic N) is 2. The maximum atomic E-state index is 12.0. The smallest absolute Gasteiger partial charge is 0.410 e. The van der Waals surface area contributed by atoms with Gasteiger partial charge in [-0.05, 0) is 27.2 Å². The van der Waals surface area contributed by atoms with Crippen LogP contribution in [0.25, 0.3) is 0 Å². The van der Waals surface area contributed by atoms with Gasteiger partial charge in [0.25, 0.3) is 0 Å². The van der Waals surface area contributed by atoms with Crippen molar-refractivity contribution in [3.8, 4) is 17.2 Å². The van der Waals surface area contributed by atoms with E-state index in [4.69, 9.17) is 18.9 Å². The first kappa shape index (κ1) is 26.9. The maximum Gasteiger partial charge on any atom is 0.410 e. The molecule has 1 aliphatic rings. The van der Waals surface area contributed by atoms with Crippen LogP contribution in [0.3, 0.4) is 0 Å². The number of methoxy groups -OCH3 is 3. The molecule has 0 bridgehead atoms. The zero-order chi connectivity index (χ0) is 22.3. The molecule has 1 aromatic carbocycles. The summed E-state index contributed by atoms with van der Waals surface area (Å²) < 4.78 is 21.6. The van der Waals surface area contributed by atoms with Crippen molar-refractivity contribution in [3.63, 3.8) is 0 Å². The van der Waals surface area contributed by atoms with Gasteiger partial charge in [-0.25, -0.2) is 4.79 Å². The number of hydrogen-bond donors (Lipinski definition) is 2. The molecule has 9 nitrogen and oxygen atoms in total. The van der Waals surface area contributed by atoms with Gasteiger partial charge in [0.1, 0.15) is 22.8 Å². The highest BCUT2D eigenvalue weighted by Gasteiger charge is 2.34. The fourth-order valence-electron chi connectivity index (χ4n) is 3.06. The highest BCUT2D eigenvalue weighted by molar-refractivity contribution is 14.0. The van der Waals surface area contributed by atoms with Crippen LogP contribution in [0.15, 0.2) is 17.1 Å². The molecule has 1 aliphatic heterocycles. The Labute approximate surface area is 201 Å². The number of hydrogen-bond acceptors (Lipinski definition) is 6. The van der Waals surface area contributed by atoms with Gasteiger partial charge in [0.2, 0.25) is 0 Å². The minimum atomic E-state index is -0.489. The number of aliphatic imine (C=N–C) groups is 1. The number of halogens is 1. The van der Waals surface area contributed by atoms with Crippen molar-refractivity contribution in [1.82, 2.24) is 15.5 Å². The summed E-state index contributed by atoms with van der Waals surface area (Å²) in [5.74, 6) is 2.78. The van der Waals surface area contributed by atoms with Gasteiger partial charge in [-0.2, -0.15) is 0 Å². The van der Waals surface area contributed by atoms with Crippen molar-refractivity contribution in [1.29, 1.82) is 0 Å². The van der Waals surface area contributed by atoms with Crippen molar-refractivity contribution < 1.29 is 23.7 Å². The van der Waals surface area contributed by atoms with Crippen LogP contribution in [0.4, 0.5) is 4.79 Å². The van der Waals surface area contributed by atoms with Crippen LogP contribution in [0, 0.1) is 0 Å². The summed E-state index contributed by atoms with van der Waals surface area (Å²) in [7, 11) is 6.57. The molecule has 10 heteroatoms. The molecule has 0 unspecified atom stereocenters. The van der Waals surface area contributed by atoms with E-state index in [0.717, 1.165) is 5.56 Å². The van der Waals surface area contributed by atoms with E-state index in [1.54, 1.807) is 33.3 Å². The number of guanidine groups is 1. The molecule has 176 valence electrons. The van der Waals surface area contributed by atoms with E-state index >= 15 is 0 Å². The lowest BCUT2D eigenvalue weighted by atomic mass is 10.1. The number of likely N-dealkylation sites (tertiary alicyclic amines) is 1. The van der Waals surface area contributed by atoms with Crippen LogP contribution in [-0.4, -0.2) is 76.6 Å². The number of rotatable bonds is 7. The minimum Gasteiger partial charge on any atom is -0.496 e. The monoisotopic (exact) mass is 550 g/mol. The molecular weight excluding hydrogens is 515 g/mol. The molecule has 2 N–H and O–H groups in total. The molecule has 1 saturated heterocycles. The lowest BCUT2D eigenvalue weighted by Gasteiger charge is -2.40. The number of ether oxygens (including phenoxy) is 4. The third-order valence-corrected chi connectivity index (χ3v) is 4.58. The number of carbonyl (C=O) groups is 1. The molecule has 31 heavy (non-hydrogen) atoms. The normalized spacial score (nSPS) is 14.2. The van der Waals surface area contributed by atoms with Crippen LogP contribution in [0.1, 0.15) is 26.3 Å². The summed E-state index contributed by atoms with van der Waals surface area (Å²) in [5.41, 5.74) is 0.458. The quantitative estimate of drug-likeness (QED) is 0.307. The van der Waals surface area contributed by atoms with Crippen molar-refractivity contribution in [2.45, 2.75) is 38.8 Å². The summed E-state index contributed by atoms with van der Waals surface area (Å²) >= 11 is 0. The molecule has 1 fully saturated rings. The van der Waals surface area contributed by atoms with Gasteiger partial charge in [-0.15, -0.1) is 24.0 Å². The Hall–Kier alpha value is -2.11. The summed E-state index contributed by atoms with van der Waals surface area (Å²) in [6.07, 6.45) is 0.383. The summed E-state index contributed by atoms with van der Waals surface area (Å²) in [6.45, 7) is 7.36. The topological polar surface area (TPSA) is 93.7 Å². The van der Waals surface area contributed by atoms with Gasteiger partial charge in [-0.3, -0.25) is 4.99 Å². The van der Waals surface area contributed by atoms with Crippen LogP contribution in [-0.2, 0) is 11.2 Å². The highest BCUT2D eigenvalue weighted by Crippen LogP contribution is 2.34. The average Bonchev–Trinajstić information content (AvgIpc) is 2.66. The predicted octanol–water partition coefficient (Wildman–Crippen LogP) is 2.66. The second-order valence-electron chi connectivity index (χ2n) is 7.99. The Morgan fingerprint density at radius 1 is 1.13 bits per heavy atom. The summed E-state index contributed by atoms with van der Waals surface area (Å²) in [6, 6.07) is 3.81. The third kappa shape index (κ3) is 7.82. The predicted molar refractivity (Wildman–Crippen MR) is 131 cm³/mol. The van der Waals surface area contributed by atoms with E-state index in [9.17, 15) is 4.79 Å². The fraction of sp³-hybridized carbons (Fsp3) is 0.619. The molecule has 0 aromatic heterocycles. The van der Waals surface area contributed by atoms with Crippen molar-refractivity contribution in [3.05, 3.63) is 17.7 Å². The largest absolute Gasteiger partial charge is 0.496 e. The van der Waals surface area contributed by atoms with Gasteiger partial charge in [0.05, 0.1) is 27.4 Å².